The largest absolute Gasteiger partial charge is 0.384 e. The van der Waals surface area contributed by atoms with E-state index in [9.17, 15) is 0 Å². The van der Waals surface area contributed by atoms with Crippen molar-refractivity contribution < 1.29 is 0 Å². The number of fused-ring (bicyclic) bond motifs is 2. The summed E-state index contributed by atoms with van der Waals surface area (Å²) in [6.07, 6.45) is 1.40. The van der Waals surface area contributed by atoms with E-state index in [0.717, 1.165) is 33.7 Å². The Morgan fingerprint density at radius 1 is 0.769 bits per heavy atom. The number of nitrogens with one attached hydrogen (secondary N) is 4. The molecule has 0 spiro atoms. The standard InChI is InChI=1S/C18H18N8/c19-17(20)9-1-3-11-13(7-9)25-15(23-11)5-6-16-24-12-4-2-10(18(21)22)8-14(12)26-16/h1-4,7-8H,5-6H2,(H3,19,20)(H3,21,22)(H,23,25)(H,24,26). The normalized spacial score (nSPS) is 11.2. The molecular formula is C18H18N8. The van der Waals surface area contributed by atoms with Gasteiger partial charge in [-0.05, 0) is 36.4 Å². The van der Waals surface area contributed by atoms with Crippen LogP contribution in [-0.2, 0) is 12.8 Å². The average Bonchev–Trinajstić information content (AvgIpc) is 3.21. The van der Waals surface area contributed by atoms with Gasteiger partial charge in [-0.25, -0.2) is 9.97 Å². The third-order valence-electron chi connectivity index (χ3n) is 4.28. The van der Waals surface area contributed by atoms with Crippen molar-refractivity contribution in [2.45, 2.75) is 12.8 Å². The molecule has 0 fully saturated rings. The smallest absolute Gasteiger partial charge is 0.122 e. The van der Waals surface area contributed by atoms with Crippen molar-refractivity contribution in [2.24, 2.45) is 11.5 Å². The number of H-pyrrole nitrogens is 2. The number of nitrogen functional groups attached to an aromatic ring is 2. The van der Waals surface area contributed by atoms with E-state index in [1.54, 1.807) is 12.1 Å². The van der Waals surface area contributed by atoms with Gasteiger partial charge >= 0.3 is 0 Å². The van der Waals surface area contributed by atoms with Gasteiger partial charge in [-0.15, -0.1) is 0 Å². The summed E-state index contributed by atoms with van der Waals surface area (Å²) in [5, 5.41) is 15.0. The molecule has 8 N–H and O–H groups in total. The highest BCUT2D eigenvalue weighted by atomic mass is 14.9. The van der Waals surface area contributed by atoms with Gasteiger partial charge in [-0.1, -0.05) is 0 Å². The van der Waals surface area contributed by atoms with Crippen LogP contribution < -0.4 is 11.5 Å². The Balaban J connectivity index is 1.54. The van der Waals surface area contributed by atoms with Crippen molar-refractivity contribution in [2.75, 3.05) is 0 Å². The molecule has 0 saturated heterocycles. The monoisotopic (exact) mass is 346 g/mol. The predicted molar refractivity (Wildman–Crippen MR) is 102 cm³/mol. The minimum Gasteiger partial charge on any atom is -0.384 e. The minimum absolute atomic E-state index is 0.0373. The van der Waals surface area contributed by atoms with Crippen molar-refractivity contribution in [1.82, 2.24) is 19.9 Å². The molecule has 0 bridgehead atoms. The number of rotatable bonds is 5. The SMILES string of the molecule is N=C(N)c1ccc2nc(CCc3nc4ccc(C(=N)N)cc4[nH]3)[nH]c2c1. The molecule has 0 aliphatic heterocycles. The molecule has 26 heavy (non-hydrogen) atoms. The van der Waals surface area contributed by atoms with Gasteiger partial charge in [0.15, 0.2) is 0 Å². The van der Waals surface area contributed by atoms with Gasteiger partial charge in [0, 0.05) is 24.0 Å². The predicted octanol–water partition coefficient (Wildman–Crippen LogP) is 1.79. The second-order valence-corrected chi connectivity index (χ2v) is 6.16. The molecule has 130 valence electrons. The Kier molecular flexibility index (Phi) is 3.65. The number of benzene rings is 2. The molecule has 2 aromatic carbocycles. The summed E-state index contributed by atoms with van der Waals surface area (Å²) in [5.41, 5.74) is 15.8. The lowest BCUT2D eigenvalue weighted by Gasteiger charge is -1.96. The lowest BCUT2D eigenvalue weighted by molar-refractivity contribution is 0.844. The maximum absolute atomic E-state index is 7.52. The second-order valence-electron chi connectivity index (χ2n) is 6.16. The summed E-state index contributed by atoms with van der Waals surface area (Å²) in [5.74, 6) is 1.78. The number of hydrogen-bond donors (Lipinski definition) is 6. The summed E-state index contributed by atoms with van der Waals surface area (Å²) in [6, 6.07) is 11.0. The average molecular weight is 346 g/mol. The summed E-state index contributed by atoms with van der Waals surface area (Å²) in [6.45, 7) is 0. The van der Waals surface area contributed by atoms with Gasteiger partial charge in [-0.2, -0.15) is 0 Å². The summed E-state index contributed by atoms with van der Waals surface area (Å²) < 4.78 is 0. The van der Waals surface area contributed by atoms with E-state index in [4.69, 9.17) is 22.3 Å². The fourth-order valence-electron chi connectivity index (χ4n) is 2.93. The number of hydrogen-bond acceptors (Lipinski definition) is 4. The number of imidazole rings is 2. The Hall–Kier alpha value is -3.68. The maximum atomic E-state index is 7.52. The van der Waals surface area contributed by atoms with E-state index >= 15 is 0 Å². The van der Waals surface area contributed by atoms with Crippen LogP contribution in [0, 0.1) is 10.8 Å². The first-order valence-electron chi connectivity index (χ1n) is 8.15. The molecule has 2 heterocycles. The molecule has 8 nitrogen and oxygen atoms in total. The maximum Gasteiger partial charge on any atom is 0.122 e. The van der Waals surface area contributed by atoms with Crippen LogP contribution in [0.1, 0.15) is 22.8 Å². The number of nitrogens with zero attached hydrogens (tertiary/aromatic N) is 2. The van der Waals surface area contributed by atoms with Crippen LogP contribution in [-0.4, -0.2) is 31.6 Å². The third-order valence-corrected chi connectivity index (χ3v) is 4.28. The van der Waals surface area contributed by atoms with Crippen LogP contribution in [0.5, 0.6) is 0 Å². The fraction of sp³-hybridized carbons (Fsp3) is 0.111. The van der Waals surface area contributed by atoms with Crippen molar-refractivity contribution in [3.05, 3.63) is 59.2 Å². The van der Waals surface area contributed by atoms with E-state index in [1.807, 2.05) is 24.3 Å². The van der Waals surface area contributed by atoms with Crippen LogP contribution in [0.25, 0.3) is 22.1 Å². The van der Waals surface area contributed by atoms with Crippen LogP contribution in [0.15, 0.2) is 36.4 Å². The van der Waals surface area contributed by atoms with Crippen molar-refractivity contribution in [3.8, 4) is 0 Å². The van der Waals surface area contributed by atoms with E-state index in [-0.39, 0.29) is 11.7 Å². The van der Waals surface area contributed by atoms with E-state index in [1.165, 1.54) is 0 Å². The van der Waals surface area contributed by atoms with Gasteiger partial charge in [0.2, 0.25) is 0 Å². The number of aromatic nitrogens is 4. The minimum atomic E-state index is 0.0373. The summed E-state index contributed by atoms with van der Waals surface area (Å²) in [7, 11) is 0. The van der Waals surface area contributed by atoms with Gasteiger partial charge < -0.3 is 21.4 Å². The van der Waals surface area contributed by atoms with Gasteiger partial charge in [-0.3, -0.25) is 10.8 Å². The van der Waals surface area contributed by atoms with Crippen molar-refractivity contribution >= 4 is 33.7 Å². The van der Waals surface area contributed by atoms with E-state index in [2.05, 4.69) is 19.9 Å². The molecule has 0 aliphatic carbocycles. The molecule has 0 radical (unpaired) electrons. The molecular weight excluding hydrogens is 328 g/mol. The van der Waals surface area contributed by atoms with Crippen LogP contribution in [0.2, 0.25) is 0 Å². The lowest BCUT2D eigenvalue weighted by Crippen LogP contribution is -2.10. The fourth-order valence-corrected chi connectivity index (χ4v) is 2.93. The van der Waals surface area contributed by atoms with Crippen LogP contribution in [0.4, 0.5) is 0 Å². The molecule has 0 saturated carbocycles. The summed E-state index contributed by atoms with van der Waals surface area (Å²) >= 11 is 0. The quantitative estimate of drug-likeness (QED) is 0.240. The highest BCUT2D eigenvalue weighted by Crippen LogP contribution is 2.17. The van der Waals surface area contributed by atoms with Crippen molar-refractivity contribution in [3.63, 3.8) is 0 Å². The first kappa shape index (κ1) is 15.8. The van der Waals surface area contributed by atoms with Crippen LogP contribution in [0.3, 0.4) is 0 Å². The Morgan fingerprint density at radius 2 is 1.19 bits per heavy atom. The Labute approximate surface area is 148 Å². The zero-order valence-corrected chi connectivity index (χ0v) is 13.9. The highest BCUT2D eigenvalue weighted by molar-refractivity contribution is 5.98. The molecule has 8 heteroatoms. The lowest BCUT2D eigenvalue weighted by atomic mass is 10.2. The number of aryl methyl sites for hydroxylation is 2. The molecule has 0 atom stereocenters. The topological polar surface area (TPSA) is 157 Å². The third kappa shape index (κ3) is 2.88. The summed E-state index contributed by atoms with van der Waals surface area (Å²) in [4.78, 5) is 15.7. The first-order chi connectivity index (χ1) is 12.5. The van der Waals surface area contributed by atoms with Gasteiger partial charge in [0.05, 0.1) is 22.1 Å². The van der Waals surface area contributed by atoms with E-state index < -0.39 is 0 Å². The second kappa shape index (κ2) is 5.99. The number of aromatic amines is 2. The molecule has 2 aromatic heterocycles. The molecule has 4 aromatic rings. The number of nitrogens with two attached hydrogens (primary N) is 2. The van der Waals surface area contributed by atoms with Crippen molar-refractivity contribution in [1.29, 1.82) is 10.8 Å². The van der Waals surface area contributed by atoms with Gasteiger partial charge in [0.1, 0.15) is 23.3 Å². The Morgan fingerprint density at radius 3 is 1.58 bits per heavy atom. The highest BCUT2D eigenvalue weighted by Gasteiger charge is 2.08. The Bertz CT molecular complexity index is 1060. The first-order valence-corrected chi connectivity index (χ1v) is 8.15. The zero-order valence-electron chi connectivity index (χ0n) is 13.9. The van der Waals surface area contributed by atoms with Crippen LogP contribution >= 0.6 is 0 Å². The number of amidine groups is 2. The molecule has 0 aliphatic rings. The zero-order chi connectivity index (χ0) is 18.3. The molecule has 4 rings (SSSR count). The van der Waals surface area contributed by atoms with Gasteiger partial charge in [0.25, 0.3) is 0 Å². The molecule has 0 amide bonds. The molecule has 0 unspecified atom stereocenters. The van der Waals surface area contributed by atoms with E-state index in [0.29, 0.717) is 24.0 Å².